The summed E-state index contributed by atoms with van der Waals surface area (Å²) in [5.74, 6) is 0. The van der Waals surface area contributed by atoms with Gasteiger partial charge in [-0.15, -0.1) is 0 Å². The topological polar surface area (TPSA) is 12.9 Å². The number of nitrogens with zero attached hydrogens (tertiary/aromatic N) is 1. The summed E-state index contributed by atoms with van der Waals surface area (Å²) in [5, 5.41) is 0. The molecule has 0 atom stereocenters. The maximum atomic E-state index is 12.4. The highest BCUT2D eigenvalue weighted by molar-refractivity contribution is 9.11. The van der Waals surface area contributed by atoms with Crippen molar-refractivity contribution in [2.24, 2.45) is 0 Å². The Morgan fingerprint density at radius 1 is 1.20 bits per heavy atom. The van der Waals surface area contributed by atoms with Crippen molar-refractivity contribution < 1.29 is 22.0 Å². The number of halogens is 7. The molecule has 0 fully saturated rings. The van der Waals surface area contributed by atoms with E-state index in [9.17, 15) is 22.0 Å². The van der Waals surface area contributed by atoms with Crippen LogP contribution in [-0.4, -0.2) is 4.98 Å². The molecule has 0 aliphatic rings. The lowest BCUT2D eigenvalue weighted by Gasteiger charge is -2.11. The molecule has 0 amide bonds. The first-order valence-electron chi connectivity index (χ1n) is 3.44. The van der Waals surface area contributed by atoms with Crippen molar-refractivity contribution in [2.45, 2.75) is 12.6 Å². The normalized spacial score (nSPS) is 12.3. The molecule has 0 spiro atoms. The maximum Gasteiger partial charge on any atom is 0.420 e. The largest absolute Gasteiger partial charge is 0.420 e. The highest BCUT2D eigenvalue weighted by Crippen LogP contribution is 2.40. The molecule has 0 aliphatic heterocycles. The summed E-state index contributed by atoms with van der Waals surface area (Å²) in [6.45, 7) is 0. The van der Waals surface area contributed by atoms with Crippen molar-refractivity contribution in [1.29, 1.82) is 0 Å². The van der Waals surface area contributed by atoms with E-state index in [2.05, 4.69) is 36.8 Å². The van der Waals surface area contributed by atoms with Gasteiger partial charge < -0.3 is 0 Å². The van der Waals surface area contributed by atoms with Crippen molar-refractivity contribution in [3.8, 4) is 0 Å². The molecule has 0 saturated heterocycles. The van der Waals surface area contributed by atoms with E-state index in [0.717, 1.165) is 0 Å². The van der Waals surface area contributed by atoms with Crippen LogP contribution in [0.5, 0.6) is 0 Å². The fourth-order valence-electron chi connectivity index (χ4n) is 0.866. The number of aromatic nitrogens is 1. The number of hydrogen-bond acceptors (Lipinski definition) is 1. The Kier molecular flexibility index (Phi) is 3.70. The summed E-state index contributed by atoms with van der Waals surface area (Å²) in [6, 6.07) is 0.651. The van der Waals surface area contributed by atoms with Crippen LogP contribution in [0.4, 0.5) is 22.0 Å². The van der Waals surface area contributed by atoms with E-state index in [-0.39, 0.29) is 0 Å². The van der Waals surface area contributed by atoms with Gasteiger partial charge in [0.2, 0.25) is 0 Å². The van der Waals surface area contributed by atoms with E-state index in [1.165, 1.54) is 0 Å². The number of pyridine rings is 1. The molecule has 15 heavy (non-hydrogen) atoms. The van der Waals surface area contributed by atoms with Crippen molar-refractivity contribution in [2.75, 3.05) is 0 Å². The third-order valence-electron chi connectivity index (χ3n) is 1.45. The standard InChI is InChI=1S/C7H2Br2F5N/c8-2-1-3(6(10)11)15-5(9)4(2)7(12,13)14/h1,6H. The van der Waals surface area contributed by atoms with Crippen LogP contribution in [0.15, 0.2) is 15.1 Å². The summed E-state index contributed by atoms with van der Waals surface area (Å²) in [6.07, 6.45) is -7.56. The van der Waals surface area contributed by atoms with E-state index in [4.69, 9.17) is 0 Å². The van der Waals surface area contributed by atoms with Gasteiger partial charge in [-0.2, -0.15) is 13.2 Å². The molecule has 1 nitrogen and oxygen atoms in total. The Labute approximate surface area is 97.9 Å². The van der Waals surface area contributed by atoms with Crippen LogP contribution in [0.3, 0.4) is 0 Å². The van der Waals surface area contributed by atoms with Crippen LogP contribution >= 0.6 is 31.9 Å². The van der Waals surface area contributed by atoms with Gasteiger partial charge in [0.25, 0.3) is 6.43 Å². The summed E-state index contributed by atoms with van der Waals surface area (Å²) in [4.78, 5) is 3.12. The molecule has 1 aromatic rings. The van der Waals surface area contributed by atoms with E-state index in [0.29, 0.717) is 6.07 Å². The van der Waals surface area contributed by atoms with E-state index >= 15 is 0 Å². The molecule has 1 heterocycles. The highest BCUT2D eigenvalue weighted by Gasteiger charge is 2.37. The molecule has 0 aromatic carbocycles. The van der Waals surface area contributed by atoms with E-state index in [1.807, 2.05) is 0 Å². The molecule has 1 aromatic heterocycles. The third-order valence-corrected chi connectivity index (χ3v) is 2.65. The van der Waals surface area contributed by atoms with Crippen molar-refractivity contribution in [1.82, 2.24) is 4.98 Å². The second-order valence-electron chi connectivity index (χ2n) is 2.49. The molecule has 8 heteroatoms. The van der Waals surface area contributed by atoms with Crippen molar-refractivity contribution in [3.63, 3.8) is 0 Å². The van der Waals surface area contributed by atoms with Crippen LogP contribution in [0.25, 0.3) is 0 Å². The van der Waals surface area contributed by atoms with Gasteiger partial charge in [0.1, 0.15) is 15.9 Å². The summed E-state index contributed by atoms with van der Waals surface area (Å²) < 4.78 is 60.3. The quantitative estimate of drug-likeness (QED) is 0.532. The monoisotopic (exact) mass is 353 g/mol. The number of hydrogen-bond donors (Lipinski definition) is 0. The molecule has 84 valence electrons. The average Bonchev–Trinajstić information content (AvgIpc) is 1.99. The molecular formula is C7H2Br2F5N. The van der Waals surface area contributed by atoms with Gasteiger partial charge in [-0.1, -0.05) is 15.9 Å². The predicted molar refractivity (Wildman–Crippen MR) is 49.6 cm³/mol. The Bertz CT molecular complexity index is 353. The first kappa shape index (κ1) is 12.8. The Hall–Kier alpha value is -0.240. The minimum atomic E-state index is -4.65. The number of rotatable bonds is 1. The second-order valence-corrected chi connectivity index (χ2v) is 4.10. The van der Waals surface area contributed by atoms with Gasteiger partial charge in [0.15, 0.2) is 0 Å². The van der Waals surface area contributed by atoms with Crippen LogP contribution in [0, 0.1) is 0 Å². The highest BCUT2D eigenvalue weighted by atomic mass is 79.9. The molecule has 0 radical (unpaired) electrons. The van der Waals surface area contributed by atoms with Crippen LogP contribution < -0.4 is 0 Å². The van der Waals surface area contributed by atoms with E-state index < -0.39 is 32.9 Å². The Balaban J connectivity index is 3.34. The van der Waals surface area contributed by atoms with Gasteiger partial charge in [-0.3, -0.25) is 0 Å². The third kappa shape index (κ3) is 2.87. The first-order valence-corrected chi connectivity index (χ1v) is 5.03. The zero-order chi connectivity index (χ0) is 11.8. The second kappa shape index (κ2) is 4.32. The summed E-state index contributed by atoms with van der Waals surface area (Å²) >= 11 is 5.09. The molecule has 0 saturated carbocycles. The zero-order valence-electron chi connectivity index (χ0n) is 6.75. The van der Waals surface area contributed by atoms with Gasteiger partial charge in [0.05, 0.1) is 0 Å². The molecule has 0 unspecified atom stereocenters. The fourth-order valence-corrected chi connectivity index (χ4v) is 2.42. The summed E-state index contributed by atoms with van der Waals surface area (Å²) in [7, 11) is 0. The number of alkyl halides is 5. The predicted octanol–water partition coefficient (Wildman–Crippen LogP) is 4.56. The molecular weight excluding hydrogens is 353 g/mol. The maximum absolute atomic E-state index is 12.4. The minimum absolute atomic E-state index is 0.466. The van der Waals surface area contributed by atoms with Gasteiger partial charge >= 0.3 is 6.18 Å². The molecule has 0 N–H and O–H groups in total. The molecule has 0 bridgehead atoms. The first-order chi connectivity index (χ1) is 6.73. The lowest BCUT2D eigenvalue weighted by atomic mass is 10.2. The Morgan fingerprint density at radius 3 is 2.07 bits per heavy atom. The van der Waals surface area contributed by atoms with Crippen LogP contribution in [0.2, 0.25) is 0 Å². The van der Waals surface area contributed by atoms with E-state index in [1.54, 1.807) is 0 Å². The lowest BCUT2D eigenvalue weighted by molar-refractivity contribution is -0.139. The average molecular weight is 355 g/mol. The summed E-state index contributed by atoms with van der Waals surface area (Å²) in [5.41, 5.74) is -1.83. The van der Waals surface area contributed by atoms with Crippen molar-refractivity contribution >= 4 is 31.9 Å². The lowest BCUT2D eigenvalue weighted by Crippen LogP contribution is -2.09. The molecule has 1 rings (SSSR count). The molecule has 0 aliphatic carbocycles. The smallest absolute Gasteiger partial charge is 0.239 e. The SMILES string of the molecule is FC(F)c1cc(Br)c(C(F)(F)F)c(Br)n1. The van der Waals surface area contributed by atoms with Gasteiger partial charge in [-0.25, -0.2) is 13.8 Å². The van der Waals surface area contributed by atoms with Crippen molar-refractivity contribution in [3.05, 3.63) is 26.4 Å². The van der Waals surface area contributed by atoms with Crippen LogP contribution in [0.1, 0.15) is 17.7 Å². The fraction of sp³-hybridized carbons (Fsp3) is 0.286. The van der Waals surface area contributed by atoms with Crippen LogP contribution in [-0.2, 0) is 6.18 Å². The zero-order valence-corrected chi connectivity index (χ0v) is 9.92. The van der Waals surface area contributed by atoms with Gasteiger partial charge in [-0.05, 0) is 22.0 Å². The van der Waals surface area contributed by atoms with Gasteiger partial charge in [0, 0.05) is 4.47 Å². The minimum Gasteiger partial charge on any atom is -0.239 e. The Morgan fingerprint density at radius 2 is 1.73 bits per heavy atom.